The molecule has 1 atom stereocenters. The second-order valence-corrected chi connectivity index (χ2v) is 15.2. The number of likely N-dealkylation sites (tertiary alicyclic amines) is 1. The number of likely N-dealkylation sites (N-methyl/N-ethyl adjacent to an activating group) is 1. The maximum Gasteiger partial charge on any atom is 0.407 e. The van der Waals surface area contributed by atoms with E-state index in [2.05, 4.69) is 44.5 Å². The van der Waals surface area contributed by atoms with Gasteiger partial charge in [0.15, 0.2) is 11.5 Å². The molecule has 4 aliphatic rings. The summed E-state index contributed by atoms with van der Waals surface area (Å²) in [7, 11) is 1.84. The summed E-state index contributed by atoms with van der Waals surface area (Å²) in [5, 5.41) is 6.31. The summed E-state index contributed by atoms with van der Waals surface area (Å²) in [6.45, 7) is 12.9. The number of nitrogens with zero attached hydrogens (tertiary/aromatic N) is 6. The van der Waals surface area contributed by atoms with E-state index in [1.54, 1.807) is 11.1 Å². The zero-order valence-electron chi connectivity index (χ0n) is 29.0. The lowest BCUT2D eigenvalue weighted by Crippen LogP contribution is -2.57. The number of amides is 4. The summed E-state index contributed by atoms with van der Waals surface area (Å²) in [6.07, 6.45) is 7.18. The third kappa shape index (κ3) is 7.45. The maximum absolute atomic E-state index is 12.6. The Kier molecular flexibility index (Phi) is 9.43. The van der Waals surface area contributed by atoms with Crippen LogP contribution in [0.4, 0.5) is 26.9 Å². The number of carbonyl (C=O) groups is 3. The van der Waals surface area contributed by atoms with Gasteiger partial charge < -0.3 is 40.7 Å². The standard InChI is InChI=1S/C35H51N9O4/c1-34(2,3)48-32(46)39-25-19-27(20-25)42-15-12-35(4,13-16-42)23-8-10-24(11-9-23)38-31-29(30(36)45)37-21-28(40-31)43-14-6-7-26(22-43)44-18-17-41(5)33(44)47/h8-11,21,25-27H,6-7,12-20,22H2,1-5H3,(H2,36,45)(H,38,40)(H,39,46)/t25?,26-,27?/m0/s1. The zero-order valence-corrected chi connectivity index (χ0v) is 29.0. The lowest BCUT2D eigenvalue weighted by molar-refractivity contribution is 0.0316. The fourth-order valence-corrected chi connectivity index (χ4v) is 7.47. The van der Waals surface area contributed by atoms with E-state index >= 15 is 0 Å². The molecule has 260 valence electrons. The van der Waals surface area contributed by atoms with Gasteiger partial charge in [-0.2, -0.15) is 0 Å². The molecule has 3 saturated heterocycles. The van der Waals surface area contributed by atoms with Gasteiger partial charge in [0.05, 0.1) is 12.2 Å². The molecule has 6 rings (SSSR count). The average Bonchev–Trinajstić information content (AvgIpc) is 3.36. The molecule has 48 heavy (non-hydrogen) atoms. The number of nitrogens with two attached hydrogens (primary N) is 1. The first-order valence-corrected chi connectivity index (χ1v) is 17.3. The summed E-state index contributed by atoms with van der Waals surface area (Å²) < 4.78 is 5.41. The topological polar surface area (TPSA) is 149 Å². The van der Waals surface area contributed by atoms with Crippen LogP contribution in [0.2, 0.25) is 0 Å². The number of aromatic nitrogens is 2. The molecule has 1 aromatic heterocycles. The van der Waals surface area contributed by atoms with Crippen LogP contribution in [-0.4, -0.2) is 113 Å². The van der Waals surface area contributed by atoms with Gasteiger partial charge in [-0.1, -0.05) is 19.1 Å². The van der Waals surface area contributed by atoms with Gasteiger partial charge in [-0.25, -0.2) is 19.6 Å². The number of benzene rings is 1. The van der Waals surface area contributed by atoms with Crippen LogP contribution in [0, 0.1) is 0 Å². The van der Waals surface area contributed by atoms with Gasteiger partial charge in [0, 0.05) is 51.0 Å². The molecule has 1 aliphatic carbocycles. The van der Waals surface area contributed by atoms with Crippen molar-refractivity contribution in [2.24, 2.45) is 5.73 Å². The number of ether oxygens (including phenoxy) is 1. The molecule has 13 heteroatoms. The van der Waals surface area contributed by atoms with Crippen molar-refractivity contribution in [3.63, 3.8) is 0 Å². The Bertz CT molecular complexity index is 1500. The monoisotopic (exact) mass is 661 g/mol. The van der Waals surface area contributed by atoms with Gasteiger partial charge in [-0.05, 0) is 95.5 Å². The van der Waals surface area contributed by atoms with E-state index in [0.717, 1.165) is 76.9 Å². The fourth-order valence-electron chi connectivity index (χ4n) is 7.47. The molecule has 1 saturated carbocycles. The number of carbonyl (C=O) groups excluding carboxylic acids is 3. The van der Waals surface area contributed by atoms with Crippen LogP contribution in [0.5, 0.6) is 0 Å². The number of piperidine rings is 2. The second kappa shape index (κ2) is 13.4. The Labute approximate surface area is 283 Å². The quantitative estimate of drug-likeness (QED) is 0.381. The summed E-state index contributed by atoms with van der Waals surface area (Å²) in [4.78, 5) is 54.7. The maximum atomic E-state index is 12.6. The Morgan fingerprint density at radius 1 is 1.02 bits per heavy atom. The molecule has 0 spiro atoms. The minimum absolute atomic E-state index is 0.0569. The van der Waals surface area contributed by atoms with Gasteiger partial charge in [-0.3, -0.25) is 4.79 Å². The fraction of sp³-hybridized carbons (Fsp3) is 0.629. The van der Waals surface area contributed by atoms with Crippen LogP contribution in [0.25, 0.3) is 0 Å². The highest BCUT2D eigenvalue weighted by atomic mass is 16.6. The van der Waals surface area contributed by atoms with E-state index in [4.69, 9.17) is 15.5 Å². The first-order chi connectivity index (χ1) is 22.8. The number of hydrogen-bond acceptors (Lipinski definition) is 9. The number of anilines is 3. The molecule has 4 heterocycles. The summed E-state index contributed by atoms with van der Waals surface area (Å²) >= 11 is 0. The highest BCUT2D eigenvalue weighted by Crippen LogP contribution is 2.39. The Hall–Kier alpha value is -4.13. The summed E-state index contributed by atoms with van der Waals surface area (Å²) in [5.41, 5.74) is 7.43. The smallest absolute Gasteiger partial charge is 0.407 e. The molecule has 4 amide bonds. The minimum atomic E-state index is -0.645. The Morgan fingerprint density at radius 2 is 1.73 bits per heavy atom. The molecule has 0 bridgehead atoms. The van der Waals surface area contributed by atoms with Crippen LogP contribution < -0.4 is 21.3 Å². The number of urea groups is 1. The molecule has 0 unspecified atom stereocenters. The van der Waals surface area contributed by atoms with Crippen molar-refractivity contribution < 1.29 is 19.1 Å². The van der Waals surface area contributed by atoms with Crippen molar-refractivity contribution >= 4 is 35.4 Å². The molecule has 4 fully saturated rings. The normalized spacial score (nSPS) is 24.6. The number of hydrogen-bond donors (Lipinski definition) is 3. The molecule has 4 N–H and O–H groups in total. The lowest BCUT2D eigenvalue weighted by Gasteiger charge is -2.48. The number of alkyl carbamates (subject to hydrolysis) is 1. The molecular weight excluding hydrogens is 610 g/mol. The van der Waals surface area contributed by atoms with Gasteiger partial charge in [-0.15, -0.1) is 0 Å². The van der Waals surface area contributed by atoms with Gasteiger partial charge >= 0.3 is 12.1 Å². The van der Waals surface area contributed by atoms with Gasteiger partial charge in [0.2, 0.25) is 0 Å². The first-order valence-electron chi connectivity index (χ1n) is 17.3. The molecule has 3 aliphatic heterocycles. The van der Waals surface area contributed by atoms with Crippen molar-refractivity contribution in [2.45, 2.75) is 95.4 Å². The van der Waals surface area contributed by atoms with E-state index < -0.39 is 11.5 Å². The van der Waals surface area contributed by atoms with Crippen LogP contribution in [0.15, 0.2) is 30.5 Å². The van der Waals surface area contributed by atoms with Crippen molar-refractivity contribution in [3.05, 3.63) is 41.7 Å². The largest absolute Gasteiger partial charge is 0.444 e. The van der Waals surface area contributed by atoms with Crippen molar-refractivity contribution in [2.75, 3.05) is 56.5 Å². The zero-order chi connectivity index (χ0) is 34.2. The lowest BCUT2D eigenvalue weighted by atomic mass is 9.73. The van der Waals surface area contributed by atoms with Crippen LogP contribution >= 0.6 is 0 Å². The highest BCUT2D eigenvalue weighted by molar-refractivity contribution is 5.96. The van der Waals surface area contributed by atoms with E-state index in [0.29, 0.717) is 24.2 Å². The predicted octanol–water partition coefficient (Wildman–Crippen LogP) is 4.06. The average molecular weight is 662 g/mol. The van der Waals surface area contributed by atoms with E-state index in [1.807, 2.05) is 44.9 Å². The third-order valence-corrected chi connectivity index (χ3v) is 10.5. The molecule has 1 aromatic carbocycles. The highest BCUT2D eigenvalue weighted by Gasteiger charge is 2.40. The van der Waals surface area contributed by atoms with E-state index in [9.17, 15) is 14.4 Å². The summed E-state index contributed by atoms with van der Waals surface area (Å²) in [5.74, 6) is 0.334. The van der Waals surface area contributed by atoms with Crippen LogP contribution in [-0.2, 0) is 10.2 Å². The SMILES string of the molecule is CN1CCN([C@H]2CCCN(c3cnc(C(N)=O)c(Nc4ccc(C5(C)CCN(C6CC(NC(=O)OC(C)(C)C)C6)CC5)cc4)n3)C2)C1=O. The molecule has 13 nitrogen and oxygen atoms in total. The number of nitrogens with one attached hydrogen (secondary N) is 2. The van der Waals surface area contributed by atoms with Crippen LogP contribution in [0.1, 0.15) is 82.3 Å². The Balaban J connectivity index is 1.05. The number of rotatable bonds is 8. The molecule has 2 aromatic rings. The predicted molar refractivity (Wildman–Crippen MR) is 185 cm³/mol. The van der Waals surface area contributed by atoms with Crippen LogP contribution in [0.3, 0.4) is 0 Å². The molecule has 0 radical (unpaired) electrons. The molecular formula is C35H51N9O4. The second-order valence-electron chi connectivity index (χ2n) is 15.2. The van der Waals surface area contributed by atoms with Crippen molar-refractivity contribution in [1.82, 2.24) is 30.0 Å². The summed E-state index contributed by atoms with van der Waals surface area (Å²) in [6, 6.07) is 9.22. The van der Waals surface area contributed by atoms with Gasteiger partial charge in [0.1, 0.15) is 11.4 Å². The minimum Gasteiger partial charge on any atom is -0.444 e. The van der Waals surface area contributed by atoms with Gasteiger partial charge in [0.25, 0.3) is 5.91 Å². The van der Waals surface area contributed by atoms with Crippen molar-refractivity contribution in [3.8, 4) is 0 Å². The van der Waals surface area contributed by atoms with Crippen molar-refractivity contribution in [1.29, 1.82) is 0 Å². The van der Waals surface area contributed by atoms with E-state index in [1.165, 1.54) is 5.56 Å². The Morgan fingerprint density at radius 3 is 2.35 bits per heavy atom. The number of primary amides is 1. The van der Waals surface area contributed by atoms with E-state index in [-0.39, 0.29) is 35.3 Å². The first kappa shape index (κ1) is 33.8. The third-order valence-electron chi connectivity index (χ3n) is 10.5.